The van der Waals surface area contributed by atoms with Gasteiger partial charge in [-0.2, -0.15) is 4.31 Å². The quantitative estimate of drug-likeness (QED) is 0.698. The second-order valence-corrected chi connectivity index (χ2v) is 7.05. The summed E-state index contributed by atoms with van der Waals surface area (Å²) < 4.78 is 25.5. The Morgan fingerprint density at radius 3 is 2.65 bits per heavy atom. The van der Waals surface area contributed by atoms with Crippen LogP contribution >= 0.6 is 0 Å². The zero-order chi connectivity index (χ0) is 15.3. The lowest BCUT2D eigenvalue weighted by Gasteiger charge is -2.24. The molecule has 1 aliphatic heterocycles. The van der Waals surface area contributed by atoms with Crippen molar-refractivity contribution in [1.82, 2.24) is 9.62 Å². The molecule has 2 N–H and O–H groups in total. The van der Waals surface area contributed by atoms with Crippen LogP contribution in [0.3, 0.4) is 0 Å². The number of hydrogen-bond donors (Lipinski definition) is 2. The molecule has 8 heteroatoms. The Kier molecular flexibility index (Phi) is 5.94. The number of hydrogen-bond acceptors (Lipinski definition) is 4. The van der Waals surface area contributed by atoms with Gasteiger partial charge in [-0.25, -0.2) is 8.42 Å². The zero-order valence-electron chi connectivity index (χ0n) is 11.8. The lowest BCUT2D eigenvalue weighted by molar-refractivity contribution is -0.141. The van der Waals surface area contributed by atoms with Crippen molar-refractivity contribution in [2.75, 3.05) is 12.3 Å². The highest BCUT2D eigenvalue weighted by atomic mass is 32.2. The summed E-state index contributed by atoms with van der Waals surface area (Å²) in [6.45, 7) is 3.58. The maximum atomic E-state index is 12.2. The van der Waals surface area contributed by atoms with Gasteiger partial charge in [0.15, 0.2) is 0 Å². The van der Waals surface area contributed by atoms with Gasteiger partial charge in [0.25, 0.3) is 0 Å². The minimum absolute atomic E-state index is 0.0295. The van der Waals surface area contributed by atoms with Gasteiger partial charge in [0.2, 0.25) is 15.9 Å². The molecular weight excluding hydrogens is 284 g/mol. The second kappa shape index (κ2) is 7.03. The number of carbonyl (C=O) groups excluding carboxylic acids is 1. The molecule has 20 heavy (non-hydrogen) atoms. The van der Waals surface area contributed by atoms with Gasteiger partial charge < -0.3 is 10.4 Å². The van der Waals surface area contributed by atoms with E-state index < -0.39 is 34.0 Å². The van der Waals surface area contributed by atoms with Crippen molar-refractivity contribution >= 4 is 21.9 Å². The molecule has 116 valence electrons. The maximum absolute atomic E-state index is 12.2. The van der Waals surface area contributed by atoms with Crippen molar-refractivity contribution in [2.24, 2.45) is 0 Å². The first-order chi connectivity index (χ1) is 9.29. The van der Waals surface area contributed by atoms with Crippen molar-refractivity contribution in [3.63, 3.8) is 0 Å². The van der Waals surface area contributed by atoms with Crippen LogP contribution in [0.4, 0.5) is 0 Å². The Morgan fingerprint density at radius 2 is 2.10 bits per heavy atom. The molecular formula is C12H22N2O5S. The van der Waals surface area contributed by atoms with E-state index in [4.69, 9.17) is 5.11 Å². The fraction of sp³-hybridized carbons (Fsp3) is 0.833. The fourth-order valence-electron chi connectivity index (χ4n) is 2.15. The van der Waals surface area contributed by atoms with Gasteiger partial charge in [-0.1, -0.05) is 13.3 Å². The van der Waals surface area contributed by atoms with Crippen LogP contribution in [-0.4, -0.2) is 54.1 Å². The largest absolute Gasteiger partial charge is 0.480 e. The van der Waals surface area contributed by atoms with Gasteiger partial charge in [0.1, 0.15) is 12.1 Å². The van der Waals surface area contributed by atoms with Gasteiger partial charge in [-0.3, -0.25) is 9.59 Å². The highest BCUT2D eigenvalue weighted by Crippen LogP contribution is 2.22. The van der Waals surface area contributed by atoms with E-state index in [1.807, 2.05) is 6.92 Å². The number of nitrogens with zero attached hydrogens (tertiary/aromatic N) is 1. The SMILES string of the molecule is CCCCS(=O)(=O)N1CCCC1C(=O)N[C@H](C)C(=O)O. The predicted octanol–water partition coefficient (Wildman–Crippen LogP) is 0.170. The topological polar surface area (TPSA) is 104 Å². The summed E-state index contributed by atoms with van der Waals surface area (Å²) in [5, 5.41) is 11.1. The first-order valence-corrected chi connectivity index (χ1v) is 8.43. The molecule has 0 bridgehead atoms. The highest BCUT2D eigenvalue weighted by Gasteiger charge is 2.38. The van der Waals surface area contributed by atoms with Crippen molar-refractivity contribution in [3.05, 3.63) is 0 Å². The Hall–Kier alpha value is -1.15. The number of rotatable bonds is 7. The van der Waals surface area contributed by atoms with Crippen LogP contribution in [0, 0.1) is 0 Å². The molecule has 2 atom stereocenters. The van der Waals surface area contributed by atoms with E-state index in [1.54, 1.807) is 0 Å². The molecule has 7 nitrogen and oxygen atoms in total. The van der Waals surface area contributed by atoms with Crippen molar-refractivity contribution in [3.8, 4) is 0 Å². The number of nitrogens with one attached hydrogen (secondary N) is 1. The molecule has 1 unspecified atom stereocenters. The lowest BCUT2D eigenvalue weighted by atomic mass is 10.2. The van der Waals surface area contributed by atoms with Crippen molar-refractivity contribution < 1.29 is 23.1 Å². The van der Waals surface area contributed by atoms with Crippen LogP contribution in [-0.2, 0) is 19.6 Å². The van der Waals surface area contributed by atoms with Crippen LogP contribution in [0.5, 0.6) is 0 Å². The fourth-order valence-corrected chi connectivity index (χ4v) is 4.03. The zero-order valence-corrected chi connectivity index (χ0v) is 12.6. The van der Waals surface area contributed by atoms with Gasteiger partial charge in [-0.15, -0.1) is 0 Å². The van der Waals surface area contributed by atoms with Gasteiger partial charge in [0, 0.05) is 6.54 Å². The van der Waals surface area contributed by atoms with E-state index in [0.717, 1.165) is 6.42 Å². The second-order valence-electron chi connectivity index (χ2n) is 5.01. The molecule has 1 fully saturated rings. The summed E-state index contributed by atoms with van der Waals surface area (Å²) >= 11 is 0. The van der Waals surface area contributed by atoms with Crippen LogP contribution < -0.4 is 5.32 Å². The van der Waals surface area contributed by atoms with Crippen LogP contribution in [0.1, 0.15) is 39.5 Å². The minimum atomic E-state index is -3.45. The summed E-state index contributed by atoms with van der Waals surface area (Å²) in [5.74, 6) is -1.64. The highest BCUT2D eigenvalue weighted by molar-refractivity contribution is 7.89. The van der Waals surface area contributed by atoms with Crippen molar-refractivity contribution in [1.29, 1.82) is 0 Å². The molecule has 0 aromatic carbocycles. The molecule has 0 saturated carbocycles. The Bertz CT molecular complexity index is 462. The lowest BCUT2D eigenvalue weighted by Crippen LogP contribution is -2.50. The van der Waals surface area contributed by atoms with E-state index in [9.17, 15) is 18.0 Å². The minimum Gasteiger partial charge on any atom is -0.480 e. The number of carbonyl (C=O) groups is 2. The summed E-state index contributed by atoms with van der Waals surface area (Å²) in [4.78, 5) is 22.7. The third-order valence-corrected chi connectivity index (χ3v) is 5.30. The molecule has 0 aromatic heterocycles. The third kappa shape index (κ3) is 4.17. The van der Waals surface area contributed by atoms with Crippen molar-refractivity contribution in [2.45, 2.75) is 51.6 Å². The average Bonchev–Trinajstić information content (AvgIpc) is 2.86. The molecule has 1 heterocycles. The number of sulfonamides is 1. The van der Waals surface area contributed by atoms with Crippen LogP contribution in [0.25, 0.3) is 0 Å². The Balaban J connectivity index is 2.74. The standard InChI is InChI=1S/C12H22N2O5S/c1-3-4-8-20(18,19)14-7-5-6-10(14)11(15)13-9(2)12(16)17/h9-10H,3-8H2,1-2H3,(H,13,15)(H,16,17)/t9-,10?/m1/s1. The van der Waals surface area contributed by atoms with E-state index in [2.05, 4.69) is 5.32 Å². The summed E-state index contributed by atoms with van der Waals surface area (Å²) in [6.07, 6.45) is 2.37. The number of carboxylic acid groups (broad SMARTS) is 1. The van der Waals surface area contributed by atoms with Gasteiger partial charge in [-0.05, 0) is 26.2 Å². The maximum Gasteiger partial charge on any atom is 0.325 e. The number of amides is 1. The molecule has 1 aliphatic rings. The normalized spacial score (nSPS) is 21.6. The number of carboxylic acids is 1. The summed E-state index contributed by atoms with van der Waals surface area (Å²) in [6, 6.07) is -1.80. The summed E-state index contributed by atoms with van der Waals surface area (Å²) in [5.41, 5.74) is 0. The molecule has 1 saturated heterocycles. The van der Waals surface area contributed by atoms with Gasteiger partial charge >= 0.3 is 5.97 Å². The third-order valence-electron chi connectivity index (χ3n) is 3.35. The van der Waals surface area contributed by atoms with Gasteiger partial charge in [0.05, 0.1) is 5.75 Å². The summed E-state index contributed by atoms with van der Waals surface area (Å²) in [7, 11) is -3.45. The molecule has 0 aliphatic carbocycles. The molecule has 0 aromatic rings. The van der Waals surface area contributed by atoms with E-state index in [0.29, 0.717) is 25.8 Å². The smallest absolute Gasteiger partial charge is 0.325 e. The first kappa shape index (κ1) is 16.9. The van der Waals surface area contributed by atoms with E-state index in [-0.39, 0.29) is 5.75 Å². The molecule has 0 radical (unpaired) electrons. The molecule has 1 rings (SSSR count). The first-order valence-electron chi connectivity index (χ1n) is 6.82. The molecule has 1 amide bonds. The molecule has 0 spiro atoms. The number of aliphatic carboxylic acids is 1. The Morgan fingerprint density at radius 1 is 1.45 bits per heavy atom. The van der Waals surface area contributed by atoms with Crippen LogP contribution in [0.2, 0.25) is 0 Å². The Labute approximate surface area is 119 Å². The van der Waals surface area contributed by atoms with E-state index >= 15 is 0 Å². The predicted molar refractivity (Wildman–Crippen MR) is 73.7 cm³/mol. The average molecular weight is 306 g/mol. The monoisotopic (exact) mass is 306 g/mol. The van der Waals surface area contributed by atoms with E-state index in [1.165, 1.54) is 11.2 Å². The van der Waals surface area contributed by atoms with Crippen LogP contribution in [0.15, 0.2) is 0 Å². The number of unbranched alkanes of at least 4 members (excludes halogenated alkanes) is 1.